The van der Waals surface area contributed by atoms with Crippen LogP contribution in [0.2, 0.25) is 0 Å². The van der Waals surface area contributed by atoms with Gasteiger partial charge in [0, 0.05) is 43.8 Å². The molecule has 0 atom stereocenters. The minimum Gasteiger partial charge on any atom is -0.456 e. The van der Waals surface area contributed by atoms with E-state index in [0.29, 0.717) is 17.5 Å². The van der Waals surface area contributed by atoms with Gasteiger partial charge >= 0.3 is 0 Å². The largest absolute Gasteiger partial charge is 0.456 e. The molecule has 3 aromatic heterocycles. The third-order valence-corrected chi connectivity index (χ3v) is 15.7. The smallest absolute Gasteiger partial charge is 0.164 e. The molecule has 0 unspecified atom stereocenters. The summed E-state index contributed by atoms with van der Waals surface area (Å²) in [4.78, 5) is 15.8. The van der Waals surface area contributed by atoms with Crippen LogP contribution in [0.5, 0.6) is 0 Å². The first-order chi connectivity index (χ1) is 31.0. The molecule has 65 heavy (non-hydrogen) atoms. The zero-order valence-electron chi connectivity index (χ0n) is 40.6. The summed E-state index contributed by atoms with van der Waals surface area (Å²) in [6.07, 6.45) is 0. The van der Waals surface area contributed by atoms with Crippen molar-refractivity contribution in [3.8, 4) is 56.4 Å². The average Bonchev–Trinajstić information content (AvgIpc) is 3.90. The Morgan fingerprint density at radius 2 is 0.738 bits per heavy atom. The van der Waals surface area contributed by atoms with Crippen molar-refractivity contribution < 1.29 is 8.83 Å². The van der Waals surface area contributed by atoms with Crippen LogP contribution in [0.1, 0.15) is 0 Å². The normalized spacial score (nSPS) is 11.7. The Balaban J connectivity index is 1.21. The molecule has 0 aliphatic carbocycles. The molecule has 10 aromatic rings. The second-order valence-corrected chi connectivity index (χ2v) is 18.7. The first-order valence-corrected chi connectivity index (χ1v) is 22.9. The third-order valence-electron chi connectivity index (χ3n) is 15.7. The highest BCUT2D eigenvalue weighted by atomic mass is 16.3. The molecular weight excluding hydrogens is 777 g/mol. The molecular formula is C45H42B15N3O2. The Morgan fingerprint density at radius 3 is 1.40 bits per heavy atom. The lowest BCUT2D eigenvalue weighted by molar-refractivity contribution is 0.669. The molecule has 5 nitrogen and oxygen atoms in total. The number of fused-ring (bicyclic) bond motifs is 6. The van der Waals surface area contributed by atoms with Crippen molar-refractivity contribution in [3.63, 3.8) is 0 Å². The van der Waals surface area contributed by atoms with Crippen LogP contribution in [0.25, 0.3) is 100 Å². The van der Waals surface area contributed by atoms with Gasteiger partial charge < -0.3 is 8.83 Å². The maximum atomic E-state index is 7.13. The highest BCUT2D eigenvalue weighted by Gasteiger charge is 2.28. The van der Waals surface area contributed by atoms with E-state index in [1.807, 2.05) is 36.4 Å². The topological polar surface area (TPSA) is 65.0 Å². The first-order valence-electron chi connectivity index (χ1n) is 22.9. The molecule has 0 aliphatic heterocycles. The zero-order chi connectivity index (χ0) is 46.1. The standard InChI is InChI=1S/C45H42B15N3O2/c46-26-19(20-27(47)29(49)21(30(50)28(20)48)22-32(52)37(57)33(53)23-24-34(54)38(58)39(59)40(60)42(24)65-41(22)23)31(51)36(56)35(55)25(26)45-62-43(13-6-2-1-3-7-13)61-44(63-45)14-10-11-16-15-8-4-5-9-17(15)64-18(16)12-14/h1-12H,46-60H2. The molecule has 10 rings (SSSR count). The van der Waals surface area contributed by atoms with Crippen molar-refractivity contribution in [2.24, 2.45) is 0 Å². The fourth-order valence-electron chi connectivity index (χ4n) is 10.9. The van der Waals surface area contributed by atoms with Crippen LogP contribution in [0.3, 0.4) is 0 Å². The van der Waals surface area contributed by atoms with Gasteiger partial charge in [0.2, 0.25) is 0 Å². The third kappa shape index (κ3) is 6.33. The molecule has 0 bridgehead atoms. The van der Waals surface area contributed by atoms with E-state index in [4.69, 9.17) is 23.8 Å². The number of nitrogens with zero attached hydrogens (tertiary/aromatic N) is 3. The molecule has 0 saturated carbocycles. The molecule has 0 saturated heterocycles. The van der Waals surface area contributed by atoms with Crippen LogP contribution in [-0.2, 0) is 0 Å². The lowest BCUT2D eigenvalue weighted by Gasteiger charge is -2.28. The van der Waals surface area contributed by atoms with Gasteiger partial charge in [0.1, 0.15) is 140 Å². The quantitative estimate of drug-likeness (QED) is 0.162. The molecule has 0 amide bonds. The van der Waals surface area contributed by atoms with Crippen LogP contribution in [0.15, 0.2) is 81.6 Å². The maximum absolute atomic E-state index is 7.13. The van der Waals surface area contributed by atoms with Gasteiger partial charge in [-0.1, -0.05) is 126 Å². The Morgan fingerprint density at radius 1 is 0.292 bits per heavy atom. The van der Waals surface area contributed by atoms with E-state index >= 15 is 0 Å². The maximum Gasteiger partial charge on any atom is 0.164 e. The Labute approximate surface area is 394 Å². The summed E-state index contributed by atoms with van der Waals surface area (Å²) in [6.45, 7) is 0. The number of aromatic nitrogens is 3. The second kappa shape index (κ2) is 15.6. The summed E-state index contributed by atoms with van der Waals surface area (Å²) in [7, 11) is 34.0. The van der Waals surface area contributed by atoms with Gasteiger partial charge in [-0.15, -0.1) is 10.9 Å². The zero-order valence-corrected chi connectivity index (χ0v) is 40.6. The van der Waals surface area contributed by atoms with Gasteiger partial charge in [-0.2, -0.15) is 0 Å². The number of hydrogen-bond donors (Lipinski definition) is 0. The number of para-hydroxylation sites is 1. The van der Waals surface area contributed by atoms with E-state index in [1.165, 1.54) is 110 Å². The first kappa shape index (κ1) is 43.0. The minimum atomic E-state index is 0.606. The van der Waals surface area contributed by atoms with Crippen LogP contribution < -0.4 is 81.9 Å². The van der Waals surface area contributed by atoms with Gasteiger partial charge in [-0.05, 0) is 34.9 Å². The van der Waals surface area contributed by atoms with E-state index < -0.39 is 0 Å². The fraction of sp³-hybridized carbons (Fsp3) is 0. The Hall–Kier alpha value is -5.88. The number of rotatable bonds is 5. The molecule has 3 heterocycles. The fourth-order valence-corrected chi connectivity index (χ4v) is 10.9. The molecule has 0 fully saturated rings. The van der Waals surface area contributed by atoms with Crippen LogP contribution >= 0.6 is 0 Å². The van der Waals surface area contributed by atoms with E-state index in [-0.39, 0.29) is 0 Å². The van der Waals surface area contributed by atoms with Gasteiger partial charge in [0.25, 0.3) is 0 Å². The minimum absolute atomic E-state index is 0.606. The number of hydrogen-bond acceptors (Lipinski definition) is 5. The molecule has 20 heteroatoms. The van der Waals surface area contributed by atoms with Crippen molar-refractivity contribution in [2.75, 3.05) is 0 Å². The van der Waals surface area contributed by atoms with Crippen molar-refractivity contribution in [2.45, 2.75) is 0 Å². The van der Waals surface area contributed by atoms with Crippen molar-refractivity contribution in [1.29, 1.82) is 0 Å². The Bertz CT molecular complexity index is 3710. The molecule has 0 radical (unpaired) electrons. The van der Waals surface area contributed by atoms with Gasteiger partial charge in [0.15, 0.2) is 17.5 Å². The van der Waals surface area contributed by atoms with Gasteiger partial charge in [-0.25, -0.2) is 15.0 Å². The van der Waals surface area contributed by atoms with Crippen LogP contribution in [0.4, 0.5) is 0 Å². The summed E-state index contributed by atoms with van der Waals surface area (Å²) in [5.74, 6) is 1.90. The SMILES string of the molecule is Bc1c(B)c(-c2nc(-c3ccccc3)nc(-c3ccc4c(c3)oc3ccccc34)n2)c(B)c(-c2c(B)c(B)c(-c3c(B)c(B)c(B)c4c3oc3c(B)c(B)c(B)c(B)c34)c(B)c2B)c1B. The molecule has 294 valence electrons. The van der Waals surface area contributed by atoms with E-state index in [2.05, 4.69) is 154 Å². The lowest BCUT2D eigenvalue weighted by atomic mass is 9.56. The lowest BCUT2D eigenvalue weighted by Crippen LogP contribution is -2.51. The highest BCUT2D eigenvalue weighted by molar-refractivity contribution is 6.71. The van der Waals surface area contributed by atoms with E-state index in [1.54, 1.807) is 0 Å². The number of benzene rings is 7. The van der Waals surface area contributed by atoms with Crippen molar-refractivity contribution >= 4 is 244 Å². The second-order valence-electron chi connectivity index (χ2n) is 18.7. The van der Waals surface area contributed by atoms with Gasteiger partial charge in [0.05, 0.1) is 0 Å². The molecule has 7 aromatic carbocycles. The summed E-state index contributed by atoms with van der Waals surface area (Å²) in [5.41, 5.74) is 30.5. The monoisotopic (exact) mass is 821 g/mol. The van der Waals surface area contributed by atoms with Crippen molar-refractivity contribution in [3.05, 3.63) is 72.8 Å². The summed E-state index contributed by atoms with van der Waals surface area (Å²) >= 11 is 0. The highest BCUT2D eigenvalue weighted by Crippen LogP contribution is 2.33. The summed E-state index contributed by atoms with van der Waals surface area (Å²) in [6, 6.07) is 24.7. The van der Waals surface area contributed by atoms with Crippen LogP contribution in [-0.4, -0.2) is 133 Å². The van der Waals surface area contributed by atoms with Crippen LogP contribution in [0, 0.1) is 0 Å². The van der Waals surface area contributed by atoms with E-state index in [9.17, 15) is 0 Å². The molecule has 0 spiro atoms. The van der Waals surface area contributed by atoms with Crippen molar-refractivity contribution in [1.82, 2.24) is 15.0 Å². The van der Waals surface area contributed by atoms with E-state index in [0.717, 1.165) is 55.3 Å². The molecule has 0 N–H and O–H groups in total. The summed E-state index contributed by atoms with van der Waals surface area (Å²) < 4.78 is 13.5. The predicted molar refractivity (Wildman–Crippen MR) is 324 cm³/mol. The Kier molecular flexibility index (Phi) is 10.4. The number of furan rings is 2. The molecule has 0 aliphatic rings. The van der Waals surface area contributed by atoms with Gasteiger partial charge in [-0.3, -0.25) is 0 Å². The summed E-state index contributed by atoms with van der Waals surface area (Å²) in [5, 5.41) is 4.66. The predicted octanol–water partition coefficient (Wildman–Crippen LogP) is -14.1. The average molecular weight is 819 g/mol.